The average Bonchev–Trinajstić information content (AvgIpc) is 2.87. The summed E-state index contributed by atoms with van der Waals surface area (Å²) < 4.78 is 5.23. The van der Waals surface area contributed by atoms with Crippen LogP contribution in [-0.4, -0.2) is 25.1 Å². The number of hydrogen-bond acceptors (Lipinski definition) is 3. The van der Waals surface area contributed by atoms with Gasteiger partial charge in [-0.1, -0.05) is 30.3 Å². The number of hydrogen-bond donors (Lipinski definition) is 0. The molecular weight excluding hydrogens is 218 g/mol. The highest BCUT2D eigenvalue weighted by Gasteiger charge is 2.20. The van der Waals surface area contributed by atoms with E-state index in [4.69, 9.17) is 9.25 Å². The van der Waals surface area contributed by atoms with E-state index in [2.05, 4.69) is 0 Å². The molecule has 0 aliphatic heterocycles. The van der Waals surface area contributed by atoms with Gasteiger partial charge in [0, 0.05) is 12.6 Å². The van der Waals surface area contributed by atoms with E-state index >= 15 is 0 Å². The van der Waals surface area contributed by atoms with E-state index in [0.29, 0.717) is 0 Å². The standard InChI is InChI=1S/C13H13NO3/c1-14(16-2)13(15)12-11(8-9-17-12)10-6-4-3-5-7-10/h3-9H,1-2H3. The van der Waals surface area contributed by atoms with Gasteiger partial charge in [-0.05, 0) is 11.6 Å². The first kappa shape index (κ1) is 11.4. The highest BCUT2D eigenvalue weighted by atomic mass is 16.7. The minimum absolute atomic E-state index is 0.278. The molecule has 0 radical (unpaired) electrons. The van der Waals surface area contributed by atoms with Gasteiger partial charge in [-0.25, -0.2) is 5.06 Å². The van der Waals surface area contributed by atoms with Crippen molar-refractivity contribution in [2.75, 3.05) is 14.2 Å². The Morgan fingerprint density at radius 3 is 2.59 bits per heavy atom. The van der Waals surface area contributed by atoms with E-state index in [1.807, 2.05) is 30.3 Å². The van der Waals surface area contributed by atoms with Crippen LogP contribution in [0.25, 0.3) is 11.1 Å². The van der Waals surface area contributed by atoms with Crippen molar-refractivity contribution in [1.29, 1.82) is 0 Å². The van der Waals surface area contributed by atoms with Gasteiger partial charge in [-0.2, -0.15) is 0 Å². The molecule has 0 aliphatic carbocycles. The van der Waals surface area contributed by atoms with Crippen molar-refractivity contribution in [3.63, 3.8) is 0 Å². The Morgan fingerprint density at radius 1 is 1.24 bits per heavy atom. The van der Waals surface area contributed by atoms with Crippen LogP contribution in [0.3, 0.4) is 0 Å². The fourth-order valence-electron chi connectivity index (χ4n) is 1.55. The first-order valence-corrected chi connectivity index (χ1v) is 5.19. The fourth-order valence-corrected chi connectivity index (χ4v) is 1.55. The molecule has 1 heterocycles. The molecule has 88 valence electrons. The molecule has 2 aromatic rings. The molecule has 0 spiro atoms. The zero-order chi connectivity index (χ0) is 12.3. The van der Waals surface area contributed by atoms with Gasteiger partial charge in [-0.3, -0.25) is 9.63 Å². The fraction of sp³-hybridized carbons (Fsp3) is 0.154. The smallest absolute Gasteiger partial charge is 0.313 e. The lowest BCUT2D eigenvalue weighted by atomic mass is 10.1. The number of hydroxylamine groups is 2. The first-order chi connectivity index (χ1) is 8.24. The molecule has 4 nitrogen and oxygen atoms in total. The second-order valence-corrected chi connectivity index (χ2v) is 3.51. The molecular formula is C13H13NO3. The van der Waals surface area contributed by atoms with Gasteiger partial charge in [0.25, 0.3) is 0 Å². The summed E-state index contributed by atoms with van der Waals surface area (Å²) in [4.78, 5) is 16.8. The molecule has 0 unspecified atom stereocenters. The Labute approximate surface area is 99.4 Å². The zero-order valence-corrected chi connectivity index (χ0v) is 9.71. The van der Waals surface area contributed by atoms with E-state index in [1.54, 1.807) is 13.1 Å². The van der Waals surface area contributed by atoms with Crippen LogP contribution in [0.2, 0.25) is 0 Å². The lowest BCUT2D eigenvalue weighted by Crippen LogP contribution is -2.25. The van der Waals surface area contributed by atoms with E-state index in [-0.39, 0.29) is 11.7 Å². The Kier molecular flexibility index (Phi) is 3.25. The highest BCUT2D eigenvalue weighted by Crippen LogP contribution is 2.25. The summed E-state index contributed by atoms with van der Waals surface area (Å²) in [6, 6.07) is 11.4. The number of nitrogens with zero attached hydrogens (tertiary/aromatic N) is 1. The van der Waals surface area contributed by atoms with Crippen molar-refractivity contribution >= 4 is 5.91 Å². The maximum Gasteiger partial charge on any atom is 0.313 e. The van der Waals surface area contributed by atoms with Crippen LogP contribution >= 0.6 is 0 Å². The maximum absolute atomic E-state index is 11.9. The van der Waals surface area contributed by atoms with Crippen LogP contribution in [0.5, 0.6) is 0 Å². The minimum Gasteiger partial charge on any atom is -0.458 e. The predicted molar refractivity (Wildman–Crippen MR) is 63.2 cm³/mol. The topological polar surface area (TPSA) is 42.7 Å². The number of rotatable bonds is 3. The number of benzene rings is 1. The van der Waals surface area contributed by atoms with Gasteiger partial charge in [0.2, 0.25) is 5.76 Å². The lowest BCUT2D eigenvalue weighted by molar-refractivity contribution is -0.0772. The van der Waals surface area contributed by atoms with E-state index in [9.17, 15) is 4.79 Å². The summed E-state index contributed by atoms with van der Waals surface area (Å²) in [6.45, 7) is 0. The van der Waals surface area contributed by atoms with Crippen LogP contribution in [-0.2, 0) is 4.84 Å². The summed E-state index contributed by atoms with van der Waals surface area (Å²) in [6.07, 6.45) is 1.50. The summed E-state index contributed by atoms with van der Waals surface area (Å²) in [7, 11) is 2.97. The van der Waals surface area contributed by atoms with Crippen LogP contribution in [0.1, 0.15) is 10.6 Å². The van der Waals surface area contributed by atoms with Crippen molar-refractivity contribution < 1.29 is 14.0 Å². The largest absolute Gasteiger partial charge is 0.458 e. The molecule has 0 atom stereocenters. The van der Waals surface area contributed by atoms with Gasteiger partial charge in [0.05, 0.1) is 13.4 Å². The second-order valence-electron chi connectivity index (χ2n) is 3.51. The van der Waals surface area contributed by atoms with Crippen LogP contribution in [0.4, 0.5) is 0 Å². The van der Waals surface area contributed by atoms with Crippen LogP contribution < -0.4 is 0 Å². The quantitative estimate of drug-likeness (QED) is 0.762. The van der Waals surface area contributed by atoms with Crippen LogP contribution in [0.15, 0.2) is 47.1 Å². The van der Waals surface area contributed by atoms with E-state index < -0.39 is 0 Å². The van der Waals surface area contributed by atoms with Gasteiger partial charge in [0.1, 0.15) is 0 Å². The van der Waals surface area contributed by atoms with Gasteiger partial charge < -0.3 is 4.42 Å². The predicted octanol–water partition coefficient (Wildman–Crippen LogP) is 2.58. The Bertz CT molecular complexity index is 504. The van der Waals surface area contributed by atoms with E-state index in [1.165, 1.54) is 13.4 Å². The molecule has 0 saturated heterocycles. The molecule has 0 saturated carbocycles. The first-order valence-electron chi connectivity index (χ1n) is 5.19. The molecule has 0 bridgehead atoms. The van der Waals surface area contributed by atoms with Crippen molar-refractivity contribution in [2.45, 2.75) is 0 Å². The monoisotopic (exact) mass is 231 g/mol. The molecule has 2 rings (SSSR count). The van der Waals surface area contributed by atoms with Crippen molar-refractivity contribution in [3.05, 3.63) is 48.4 Å². The van der Waals surface area contributed by atoms with Gasteiger partial charge in [0.15, 0.2) is 0 Å². The molecule has 0 fully saturated rings. The molecule has 1 aromatic carbocycles. The average molecular weight is 231 g/mol. The summed E-state index contributed by atoms with van der Waals surface area (Å²) >= 11 is 0. The van der Waals surface area contributed by atoms with E-state index in [0.717, 1.165) is 16.2 Å². The third-order valence-corrected chi connectivity index (χ3v) is 2.50. The van der Waals surface area contributed by atoms with Crippen molar-refractivity contribution in [1.82, 2.24) is 5.06 Å². The Morgan fingerprint density at radius 2 is 1.94 bits per heavy atom. The Hall–Kier alpha value is -2.07. The van der Waals surface area contributed by atoms with Crippen molar-refractivity contribution in [2.24, 2.45) is 0 Å². The Balaban J connectivity index is 2.39. The lowest BCUT2D eigenvalue weighted by Gasteiger charge is -2.12. The number of furan rings is 1. The molecule has 1 aromatic heterocycles. The highest BCUT2D eigenvalue weighted by molar-refractivity contribution is 5.97. The third-order valence-electron chi connectivity index (χ3n) is 2.50. The normalized spacial score (nSPS) is 10.2. The SMILES string of the molecule is CON(C)C(=O)c1occc1-c1ccccc1. The summed E-state index contributed by atoms with van der Waals surface area (Å²) in [5.41, 5.74) is 1.70. The van der Waals surface area contributed by atoms with Crippen molar-refractivity contribution in [3.8, 4) is 11.1 Å². The van der Waals surface area contributed by atoms with Gasteiger partial charge in [-0.15, -0.1) is 0 Å². The molecule has 0 aliphatic rings. The molecule has 17 heavy (non-hydrogen) atoms. The zero-order valence-electron chi connectivity index (χ0n) is 9.71. The van der Waals surface area contributed by atoms with Gasteiger partial charge >= 0.3 is 5.91 Å². The molecule has 0 N–H and O–H groups in total. The summed E-state index contributed by atoms with van der Waals surface area (Å²) in [5, 5.41) is 1.13. The number of carbonyl (C=O) groups is 1. The molecule has 1 amide bonds. The summed E-state index contributed by atoms with van der Waals surface area (Å²) in [5.74, 6) is -0.0306. The number of amides is 1. The third kappa shape index (κ3) is 2.21. The van der Waals surface area contributed by atoms with Crippen LogP contribution in [0, 0.1) is 0 Å². The molecule has 4 heteroatoms. The minimum atomic E-state index is -0.309. The second kappa shape index (κ2) is 4.84. The maximum atomic E-state index is 11.9. The number of carbonyl (C=O) groups excluding carboxylic acids is 1.